The van der Waals surface area contributed by atoms with E-state index in [-0.39, 0.29) is 18.4 Å². The van der Waals surface area contributed by atoms with Crippen LogP contribution in [0.25, 0.3) is 0 Å². The second-order valence-corrected chi connectivity index (χ2v) is 5.74. The molecule has 3 rings (SSSR count). The van der Waals surface area contributed by atoms with Crippen LogP contribution in [0.15, 0.2) is 42.5 Å². The molecule has 1 amide bonds. The van der Waals surface area contributed by atoms with Gasteiger partial charge in [0, 0.05) is 12.6 Å². The van der Waals surface area contributed by atoms with Gasteiger partial charge in [-0.15, -0.1) is 0 Å². The van der Waals surface area contributed by atoms with Gasteiger partial charge in [0.15, 0.2) is 17.6 Å². The number of benzene rings is 2. The van der Waals surface area contributed by atoms with Gasteiger partial charge in [0.1, 0.15) is 11.5 Å². The standard InChI is InChI=1S/C19H21NO5/c1-2-16(25-15-7-8-17-18(11-15)24-12-23-17)19(22)20-10-9-13-3-5-14(21)6-4-13/h3-8,11,16,21H,2,9-10,12H2,1H3,(H,20,22). The quantitative estimate of drug-likeness (QED) is 0.808. The normalized spacial score (nSPS) is 13.3. The molecule has 0 saturated heterocycles. The Hall–Kier alpha value is -2.89. The van der Waals surface area contributed by atoms with Gasteiger partial charge in [0.05, 0.1) is 0 Å². The van der Waals surface area contributed by atoms with Gasteiger partial charge >= 0.3 is 0 Å². The van der Waals surface area contributed by atoms with Crippen LogP contribution in [0.5, 0.6) is 23.0 Å². The van der Waals surface area contributed by atoms with Gasteiger partial charge in [-0.1, -0.05) is 19.1 Å². The van der Waals surface area contributed by atoms with E-state index in [2.05, 4.69) is 5.32 Å². The molecule has 2 aromatic rings. The Kier molecular flexibility index (Phi) is 5.28. The molecule has 6 heteroatoms. The monoisotopic (exact) mass is 343 g/mol. The van der Waals surface area contributed by atoms with Crippen molar-refractivity contribution in [1.82, 2.24) is 5.32 Å². The summed E-state index contributed by atoms with van der Waals surface area (Å²) in [5, 5.41) is 12.2. The van der Waals surface area contributed by atoms with E-state index in [1.807, 2.05) is 19.1 Å². The molecule has 1 aliphatic rings. The second-order valence-electron chi connectivity index (χ2n) is 5.74. The van der Waals surface area contributed by atoms with E-state index in [4.69, 9.17) is 14.2 Å². The number of hydrogen-bond acceptors (Lipinski definition) is 5. The molecule has 0 radical (unpaired) electrons. The summed E-state index contributed by atoms with van der Waals surface area (Å²) in [6.45, 7) is 2.61. The molecule has 25 heavy (non-hydrogen) atoms. The predicted molar refractivity (Wildman–Crippen MR) is 92.1 cm³/mol. The van der Waals surface area contributed by atoms with Crippen LogP contribution in [0.3, 0.4) is 0 Å². The van der Waals surface area contributed by atoms with Crippen LogP contribution in [0.4, 0.5) is 0 Å². The van der Waals surface area contributed by atoms with Crippen molar-refractivity contribution >= 4 is 5.91 Å². The molecule has 2 aromatic carbocycles. The highest BCUT2D eigenvalue weighted by molar-refractivity contribution is 5.81. The van der Waals surface area contributed by atoms with E-state index in [0.717, 1.165) is 5.56 Å². The lowest BCUT2D eigenvalue weighted by atomic mass is 10.1. The zero-order valence-electron chi connectivity index (χ0n) is 14.0. The maximum atomic E-state index is 12.3. The topological polar surface area (TPSA) is 77.0 Å². The molecule has 1 unspecified atom stereocenters. The number of aromatic hydroxyl groups is 1. The third-order valence-electron chi connectivity index (χ3n) is 3.93. The van der Waals surface area contributed by atoms with E-state index in [1.54, 1.807) is 30.3 Å². The number of fused-ring (bicyclic) bond motifs is 1. The summed E-state index contributed by atoms with van der Waals surface area (Å²) in [4.78, 5) is 12.3. The lowest BCUT2D eigenvalue weighted by molar-refractivity contribution is -0.128. The van der Waals surface area contributed by atoms with Crippen molar-refractivity contribution < 1.29 is 24.1 Å². The molecule has 1 atom stereocenters. The van der Waals surface area contributed by atoms with Gasteiger partial charge in [-0.2, -0.15) is 0 Å². The van der Waals surface area contributed by atoms with Crippen LogP contribution in [0, 0.1) is 0 Å². The zero-order valence-corrected chi connectivity index (χ0v) is 14.0. The average molecular weight is 343 g/mol. The fourth-order valence-corrected chi connectivity index (χ4v) is 2.54. The minimum Gasteiger partial charge on any atom is -0.508 e. The number of nitrogens with one attached hydrogen (secondary N) is 1. The fraction of sp³-hybridized carbons (Fsp3) is 0.316. The van der Waals surface area contributed by atoms with Crippen molar-refractivity contribution in [3.05, 3.63) is 48.0 Å². The third-order valence-corrected chi connectivity index (χ3v) is 3.93. The minimum absolute atomic E-state index is 0.154. The van der Waals surface area contributed by atoms with E-state index in [1.165, 1.54) is 0 Å². The van der Waals surface area contributed by atoms with Crippen molar-refractivity contribution in [2.24, 2.45) is 0 Å². The van der Waals surface area contributed by atoms with Crippen molar-refractivity contribution in [3.8, 4) is 23.0 Å². The molecular formula is C19H21NO5. The summed E-state index contributed by atoms with van der Waals surface area (Å²) in [5.41, 5.74) is 1.04. The molecule has 6 nitrogen and oxygen atoms in total. The summed E-state index contributed by atoms with van der Waals surface area (Å²) in [7, 11) is 0. The summed E-state index contributed by atoms with van der Waals surface area (Å²) in [6, 6.07) is 12.2. The summed E-state index contributed by atoms with van der Waals surface area (Å²) in [5.74, 6) is 1.96. The molecule has 132 valence electrons. The van der Waals surface area contributed by atoms with Gasteiger partial charge in [0.25, 0.3) is 5.91 Å². The average Bonchev–Trinajstić information content (AvgIpc) is 3.09. The maximum Gasteiger partial charge on any atom is 0.261 e. The van der Waals surface area contributed by atoms with Gasteiger partial charge < -0.3 is 24.6 Å². The Morgan fingerprint density at radius 1 is 1.20 bits per heavy atom. The first-order valence-electron chi connectivity index (χ1n) is 8.27. The van der Waals surface area contributed by atoms with Crippen LogP contribution < -0.4 is 19.5 Å². The first-order chi connectivity index (χ1) is 12.2. The Morgan fingerprint density at radius 2 is 1.96 bits per heavy atom. The maximum absolute atomic E-state index is 12.3. The minimum atomic E-state index is -0.569. The van der Waals surface area contributed by atoms with E-state index in [0.29, 0.717) is 36.6 Å². The highest BCUT2D eigenvalue weighted by atomic mass is 16.7. The van der Waals surface area contributed by atoms with Crippen molar-refractivity contribution in [2.75, 3.05) is 13.3 Å². The molecule has 1 aliphatic heterocycles. The van der Waals surface area contributed by atoms with Crippen LogP contribution in [0.1, 0.15) is 18.9 Å². The number of carbonyl (C=O) groups is 1. The van der Waals surface area contributed by atoms with E-state index in [9.17, 15) is 9.90 Å². The van der Waals surface area contributed by atoms with Crippen molar-refractivity contribution in [1.29, 1.82) is 0 Å². The molecule has 0 fully saturated rings. The zero-order chi connectivity index (χ0) is 17.6. The second kappa shape index (κ2) is 7.79. The fourth-order valence-electron chi connectivity index (χ4n) is 2.54. The van der Waals surface area contributed by atoms with Gasteiger partial charge in [-0.3, -0.25) is 4.79 Å². The molecule has 1 heterocycles. The lowest BCUT2D eigenvalue weighted by Gasteiger charge is -2.17. The molecule has 0 bridgehead atoms. The molecular weight excluding hydrogens is 322 g/mol. The van der Waals surface area contributed by atoms with E-state index < -0.39 is 6.10 Å². The van der Waals surface area contributed by atoms with Gasteiger partial charge in [-0.05, 0) is 42.7 Å². The highest BCUT2D eigenvalue weighted by Crippen LogP contribution is 2.35. The number of ether oxygens (including phenoxy) is 3. The summed E-state index contributed by atoms with van der Waals surface area (Å²) < 4.78 is 16.4. The van der Waals surface area contributed by atoms with Crippen LogP contribution in [0.2, 0.25) is 0 Å². The Morgan fingerprint density at radius 3 is 2.72 bits per heavy atom. The van der Waals surface area contributed by atoms with Crippen LogP contribution >= 0.6 is 0 Å². The Labute approximate surface area is 146 Å². The summed E-state index contributed by atoms with van der Waals surface area (Å²) >= 11 is 0. The molecule has 0 aromatic heterocycles. The van der Waals surface area contributed by atoms with Gasteiger partial charge in [0.2, 0.25) is 6.79 Å². The Balaban J connectivity index is 1.51. The number of rotatable bonds is 7. The smallest absolute Gasteiger partial charge is 0.261 e. The number of hydrogen-bond donors (Lipinski definition) is 2. The number of carbonyl (C=O) groups excluding carboxylic acids is 1. The first kappa shape index (κ1) is 17.0. The molecule has 2 N–H and O–H groups in total. The largest absolute Gasteiger partial charge is 0.508 e. The van der Waals surface area contributed by atoms with Crippen LogP contribution in [-0.2, 0) is 11.2 Å². The summed E-state index contributed by atoms with van der Waals surface area (Å²) in [6.07, 6.45) is 0.673. The van der Waals surface area contributed by atoms with E-state index >= 15 is 0 Å². The van der Waals surface area contributed by atoms with Crippen molar-refractivity contribution in [2.45, 2.75) is 25.9 Å². The third kappa shape index (κ3) is 4.35. The number of phenols is 1. The molecule has 0 aliphatic carbocycles. The van der Waals surface area contributed by atoms with Crippen molar-refractivity contribution in [3.63, 3.8) is 0 Å². The number of amides is 1. The van der Waals surface area contributed by atoms with Gasteiger partial charge in [-0.25, -0.2) is 0 Å². The molecule has 0 saturated carbocycles. The molecule has 0 spiro atoms. The SMILES string of the molecule is CCC(Oc1ccc2c(c1)OCO2)C(=O)NCCc1ccc(O)cc1. The number of phenolic OH excluding ortho intramolecular Hbond substituents is 1. The van der Waals surface area contributed by atoms with Crippen LogP contribution in [-0.4, -0.2) is 30.5 Å². The first-order valence-corrected chi connectivity index (χ1v) is 8.27. The predicted octanol–water partition coefficient (Wildman–Crippen LogP) is 2.64. The Bertz CT molecular complexity index is 729. The lowest BCUT2D eigenvalue weighted by Crippen LogP contribution is -2.38. The highest BCUT2D eigenvalue weighted by Gasteiger charge is 2.20.